The second-order valence-electron chi connectivity index (χ2n) is 4.99. The number of rotatable bonds is 4. The van der Waals surface area contributed by atoms with Crippen LogP contribution in [0.15, 0.2) is 29.2 Å². The lowest BCUT2D eigenvalue weighted by molar-refractivity contribution is 0.0528. The van der Waals surface area contributed by atoms with Crippen LogP contribution in [-0.4, -0.2) is 24.5 Å². The number of amides is 1. The minimum absolute atomic E-state index is 0.357. The van der Waals surface area contributed by atoms with Crippen molar-refractivity contribution in [1.82, 2.24) is 5.32 Å². The summed E-state index contributed by atoms with van der Waals surface area (Å²) < 4.78 is 5.18. The van der Waals surface area contributed by atoms with Crippen LogP contribution in [0.25, 0.3) is 0 Å². The minimum Gasteiger partial charge on any atom is -0.444 e. The predicted molar refractivity (Wildman–Crippen MR) is 76.2 cm³/mol. The molecular weight excluding hydrogens is 246 g/mol. The Morgan fingerprint density at radius 3 is 2.61 bits per heavy atom. The van der Waals surface area contributed by atoms with Crippen molar-refractivity contribution in [2.75, 3.05) is 12.8 Å². The summed E-state index contributed by atoms with van der Waals surface area (Å²) in [5.74, 6) is 0. The molecule has 1 aromatic rings. The molecule has 100 valence electrons. The topological polar surface area (TPSA) is 38.3 Å². The first kappa shape index (κ1) is 14.9. The maximum absolute atomic E-state index is 11.5. The largest absolute Gasteiger partial charge is 0.444 e. The third-order valence-corrected chi connectivity index (χ3v) is 3.09. The number of carbonyl (C=O) groups excluding carboxylic acids is 1. The fourth-order valence-corrected chi connectivity index (χ4v) is 2.17. The summed E-state index contributed by atoms with van der Waals surface area (Å²) in [6, 6.07) is 8.22. The Morgan fingerprint density at radius 2 is 2.00 bits per heavy atom. The van der Waals surface area contributed by atoms with Crippen LogP contribution < -0.4 is 5.32 Å². The molecule has 1 amide bonds. The highest BCUT2D eigenvalue weighted by Crippen LogP contribution is 2.19. The van der Waals surface area contributed by atoms with Crippen molar-refractivity contribution in [2.24, 2.45) is 0 Å². The zero-order chi connectivity index (χ0) is 13.6. The molecule has 0 unspecified atom stereocenters. The molecule has 1 aromatic carbocycles. The summed E-state index contributed by atoms with van der Waals surface area (Å²) >= 11 is 1.72. The molecule has 0 bridgehead atoms. The number of benzene rings is 1. The minimum atomic E-state index is -0.443. The zero-order valence-corrected chi connectivity index (χ0v) is 12.3. The summed E-state index contributed by atoms with van der Waals surface area (Å²) in [5, 5.41) is 2.77. The van der Waals surface area contributed by atoms with Crippen molar-refractivity contribution in [3.8, 4) is 0 Å². The number of alkyl carbamates (subject to hydrolysis) is 1. The van der Waals surface area contributed by atoms with Gasteiger partial charge >= 0.3 is 6.09 Å². The van der Waals surface area contributed by atoms with Crippen LogP contribution >= 0.6 is 11.8 Å². The van der Waals surface area contributed by atoms with E-state index < -0.39 is 5.60 Å². The molecule has 0 heterocycles. The van der Waals surface area contributed by atoms with E-state index >= 15 is 0 Å². The van der Waals surface area contributed by atoms with Gasteiger partial charge in [0.05, 0.1) is 0 Å². The second kappa shape index (κ2) is 6.69. The van der Waals surface area contributed by atoms with E-state index in [2.05, 4.69) is 23.7 Å². The van der Waals surface area contributed by atoms with Gasteiger partial charge in [0.2, 0.25) is 0 Å². The summed E-state index contributed by atoms with van der Waals surface area (Å²) in [6.07, 6.45) is 2.51. The maximum atomic E-state index is 11.5. The van der Waals surface area contributed by atoms with Crippen LogP contribution in [0.5, 0.6) is 0 Å². The number of thioether (sulfide) groups is 1. The molecule has 0 aliphatic rings. The molecule has 0 radical (unpaired) electrons. The highest BCUT2D eigenvalue weighted by Gasteiger charge is 2.15. The number of nitrogens with one attached hydrogen (secondary N) is 1. The second-order valence-corrected chi connectivity index (χ2v) is 5.84. The number of hydrogen-bond acceptors (Lipinski definition) is 3. The first-order chi connectivity index (χ1) is 8.42. The Labute approximate surface area is 113 Å². The van der Waals surface area contributed by atoms with Crippen molar-refractivity contribution < 1.29 is 9.53 Å². The van der Waals surface area contributed by atoms with Gasteiger partial charge in [-0.3, -0.25) is 0 Å². The highest BCUT2D eigenvalue weighted by molar-refractivity contribution is 7.98. The highest BCUT2D eigenvalue weighted by atomic mass is 32.2. The lowest BCUT2D eigenvalue weighted by atomic mass is 10.1. The summed E-state index contributed by atoms with van der Waals surface area (Å²) in [6.45, 7) is 6.16. The van der Waals surface area contributed by atoms with Gasteiger partial charge in [0.15, 0.2) is 0 Å². The van der Waals surface area contributed by atoms with E-state index in [0.29, 0.717) is 6.54 Å². The molecule has 0 saturated heterocycles. The Bertz CT molecular complexity index is 399. The van der Waals surface area contributed by atoms with Crippen LogP contribution in [-0.2, 0) is 11.2 Å². The van der Waals surface area contributed by atoms with Crippen LogP contribution in [0, 0.1) is 0 Å². The number of hydrogen-bond donors (Lipinski definition) is 1. The van der Waals surface area contributed by atoms with E-state index in [1.807, 2.05) is 32.9 Å². The molecule has 0 aromatic heterocycles. The van der Waals surface area contributed by atoms with Gasteiger partial charge < -0.3 is 10.1 Å². The molecule has 0 aliphatic heterocycles. The quantitative estimate of drug-likeness (QED) is 0.849. The summed E-state index contributed by atoms with van der Waals surface area (Å²) in [5.41, 5.74) is 0.808. The molecule has 0 saturated carbocycles. The molecule has 1 N–H and O–H groups in total. The summed E-state index contributed by atoms with van der Waals surface area (Å²) in [4.78, 5) is 12.7. The van der Waals surface area contributed by atoms with Gasteiger partial charge in [-0.2, -0.15) is 0 Å². The van der Waals surface area contributed by atoms with Crippen molar-refractivity contribution in [2.45, 2.75) is 37.7 Å². The Kier molecular flexibility index (Phi) is 5.54. The third-order valence-electron chi connectivity index (χ3n) is 2.26. The average Bonchev–Trinajstić information content (AvgIpc) is 2.27. The Balaban J connectivity index is 2.40. The molecule has 0 aliphatic carbocycles. The fourth-order valence-electron chi connectivity index (χ4n) is 1.52. The van der Waals surface area contributed by atoms with Crippen molar-refractivity contribution in [3.63, 3.8) is 0 Å². The molecule has 18 heavy (non-hydrogen) atoms. The average molecular weight is 267 g/mol. The van der Waals surface area contributed by atoms with E-state index in [9.17, 15) is 4.79 Å². The summed E-state index contributed by atoms with van der Waals surface area (Å²) in [7, 11) is 0. The van der Waals surface area contributed by atoms with E-state index in [1.54, 1.807) is 11.8 Å². The van der Waals surface area contributed by atoms with Gasteiger partial charge in [-0.1, -0.05) is 18.2 Å². The number of carbonyl (C=O) groups is 1. The van der Waals surface area contributed by atoms with E-state index in [1.165, 1.54) is 10.5 Å². The van der Waals surface area contributed by atoms with Gasteiger partial charge in [0, 0.05) is 11.4 Å². The van der Waals surface area contributed by atoms with E-state index in [0.717, 1.165) is 6.42 Å². The maximum Gasteiger partial charge on any atom is 0.407 e. The Hall–Kier alpha value is -1.16. The normalized spacial score (nSPS) is 11.1. The Morgan fingerprint density at radius 1 is 1.33 bits per heavy atom. The smallest absolute Gasteiger partial charge is 0.407 e. The van der Waals surface area contributed by atoms with Gasteiger partial charge in [0.25, 0.3) is 0 Å². The molecule has 1 rings (SSSR count). The van der Waals surface area contributed by atoms with Crippen LogP contribution in [0.3, 0.4) is 0 Å². The third kappa shape index (κ3) is 5.45. The van der Waals surface area contributed by atoms with Gasteiger partial charge in [0.1, 0.15) is 5.60 Å². The SMILES string of the molecule is CSc1ccccc1CCNC(=O)OC(C)(C)C. The molecule has 0 atom stereocenters. The molecule has 0 spiro atoms. The van der Waals surface area contributed by atoms with Crippen LogP contribution in [0.2, 0.25) is 0 Å². The molecule has 3 nitrogen and oxygen atoms in total. The van der Waals surface area contributed by atoms with Crippen LogP contribution in [0.4, 0.5) is 4.79 Å². The van der Waals surface area contributed by atoms with Crippen molar-refractivity contribution in [3.05, 3.63) is 29.8 Å². The lowest BCUT2D eigenvalue weighted by Gasteiger charge is -2.19. The van der Waals surface area contributed by atoms with Gasteiger partial charge in [-0.05, 0) is 45.1 Å². The predicted octanol–water partition coefficient (Wildman–Crippen LogP) is 3.48. The standard InChI is InChI=1S/C14H21NO2S/c1-14(2,3)17-13(16)15-10-9-11-7-5-6-8-12(11)18-4/h5-8H,9-10H2,1-4H3,(H,15,16). The number of ether oxygens (including phenoxy) is 1. The van der Waals surface area contributed by atoms with E-state index in [4.69, 9.17) is 4.74 Å². The monoisotopic (exact) mass is 267 g/mol. The fraction of sp³-hybridized carbons (Fsp3) is 0.500. The van der Waals surface area contributed by atoms with E-state index in [-0.39, 0.29) is 6.09 Å². The lowest BCUT2D eigenvalue weighted by Crippen LogP contribution is -2.33. The van der Waals surface area contributed by atoms with Crippen molar-refractivity contribution >= 4 is 17.9 Å². The van der Waals surface area contributed by atoms with Gasteiger partial charge in [-0.25, -0.2) is 4.79 Å². The first-order valence-corrected chi connectivity index (χ1v) is 7.23. The molecule has 0 fully saturated rings. The first-order valence-electron chi connectivity index (χ1n) is 6.01. The molecular formula is C14H21NO2S. The van der Waals surface area contributed by atoms with Gasteiger partial charge in [-0.15, -0.1) is 11.8 Å². The zero-order valence-electron chi connectivity index (χ0n) is 11.4. The van der Waals surface area contributed by atoms with Crippen LogP contribution in [0.1, 0.15) is 26.3 Å². The van der Waals surface area contributed by atoms with Crippen molar-refractivity contribution in [1.29, 1.82) is 0 Å². The molecule has 4 heteroatoms.